The molecule has 20 heavy (non-hydrogen) atoms. The van der Waals surface area contributed by atoms with Gasteiger partial charge in [0.15, 0.2) is 0 Å². The van der Waals surface area contributed by atoms with Gasteiger partial charge in [0.25, 0.3) is 5.69 Å². The van der Waals surface area contributed by atoms with Gasteiger partial charge < -0.3 is 16.1 Å². The maximum absolute atomic E-state index is 11.6. The number of benzene rings is 2. The van der Waals surface area contributed by atoms with Gasteiger partial charge in [-0.2, -0.15) is 0 Å². The van der Waals surface area contributed by atoms with E-state index in [-0.39, 0.29) is 11.2 Å². The minimum atomic E-state index is -0.492. The van der Waals surface area contributed by atoms with E-state index < -0.39 is 11.0 Å². The first-order valence-electron chi connectivity index (χ1n) is 5.52. The molecule has 0 spiro atoms. The lowest BCUT2D eigenvalue weighted by Crippen LogP contribution is -2.19. The minimum Gasteiger partial charge on any atom is -0.412 e. The van der Waals surface area contributed by atoms with Crippen LogP contribution in [0.15, 0.2) is 54.6 Å². The molecule has 0 aliphatic carbocycles. The van der Waals surface area contributed by atoms with Crippen LogP contribution in [0, 0.1) is 10.1 Å². The topological polar surface area (TPSA) is 116 Å². The highest BCUT2D eigenvalue weighted by atomic mass is 16.6. The molecular formula is C13H13N3O4. The Morgan fingerprint density at radius 3 is 1.90 bits per heavy atom. The summed E-state index contributed by atoms with van der Waals surface area (Å²) in [5.74, 6) is 0. The zero-order chi connectivity index (χ0) is 13.7. The number of urea groups is 1. The van der Waals surface area contributed by atoms with E-state index in [9.17, 15) is 14.9 Å². The van der Waals surface area contributed by atoms with Crippen LogP contribution in [0.4, 0.5) is 21.9 Å². The molecule has 0 fully saturated rings. The molecule has 0 saturated carbocycles. The number of carbonyl (C=O) groups is 1. The third-order valence-electron chi connectivity index (χ3n) is 2.37. The quantitative estimate of drug-likeness (QED) is 0.661. The number of nitrogens with zero attached hydrogens (tertiary/aromatic N) is 1. The molecular weight excluding hydrogens is 262 g/mol. The van der Waals surface area contributed by atoms with Crippen molar-refractivity contribution in [2.75, 3.05) is 10.6 Å². The van der Waals surface area contributed by atoms with Crippen LogP contribution >= 0.6 is 0 Å². The molecule has 104 valence electrons. The third-order valence-corrected chi connectivity index (χ3v) is 2.37. The van der Waals surface area contributed by atoms with E-state index in [2.05, 4.69) is 10.6 Å². The molecule has 2 rings (SSSR count). The first-order chi connectivity index (χ1) is 9.15. The Bertz CT molecular complexity index is 584. The highest BCUT2D eigenvalue weighted by Crippen LogP contribution is 2.15. The van der Waals surface area contributed by atoms with Gasteiger partial charge in [-0.15, -0.1) is 0 Å². The number of hydrogen-bond acceptors (Lipinski definition) is 3. The zero-order valence-corrected chi connectivity index (χ0v) is 10.4. The SMILES string of the molecule is O.O=C(Nc1ccccc1)Nc1ccc([N+](=O)[O-])cc1. The highest BCUT2D eigenvalue weighted by Gasteiger charge is 2.06. The molecule has 0 unspecified atom stereocenters. The lowest BCUT2D eigenvalue weighted by atomic mass is 10.3. The van der Waals surface area contributed by atoms with Crippen molar-refractivity contribution >= 4 is 23.1 Å². The zero-order valence-electron chi connectivity index (χ0n) is 10.4. The number of carbonyl (C=O) groups excluding carboxylic acids is 1. The normalized spacial score (nSPS) is 9.20. The molecule has 2 aromatic carbocycles. The fourth-order valence-electron chi connectivity index (χ4n) is 1.48. The standard InChI is InChI=1S/C13H11N3O3.H2O/c17-13(14-10-4-2-1-3-5-10)15-11-6-8-12(9-7-11)16(18)19;/h1-9H,(H2,14,15,17);1H2. The number of nitro benzene ring substituents is 1. The van der Waals surface area contributed by atoms with Crippen molar-refractivity contribution in [2.24, 2.45) is 0 Å². The average molecular weight is 275 g/mol. The molecule has 0 atom stereocenters. The van der Waals surface area contributed by atoms with Crippen LogP contribution in [0.3, 0.4) is 0 Å². The van der Waals surface area contributed by atoms with E-state index in [1.807, 2.05) is 18.2 Å². The van der Waals surface area contributed by atoms with Gasteiger partial charge in [0.2, 0.25) is 0 Å². The molecule has 4 N–H and O–H groups in total. The second-order valence-electron chi connectivity index (χ2n) is 3.75. The van der Waals surface area contributed by atoms with Gasteiger partial charge in [-0.1, -0.05) is 18.2 Å². The smallest absolute Gasteiger partial charge is 0.323 e. The van der Waals surface area contributed by atoms with E-state index >= 15 is 0 Å². The van der Waals surface area contributed by atoms with E-state index in [4.69, 9.17) is 0 Å². The van der Waals surface area contributed by atoms with E-state index in [1.165, 1.54) is 24.3 Å². The summed E-state index contributed by atoms with van der Waals surface area (Å²) in [6, 6.07) is 14.2. The first-order valence-corrected chi connectivity index (χ1v) is 5.52. The molecule has 2 aromatic rings. The Morgan fingerprint density at radius 2 is 1.40 bits per heavy atom. The monoisotopic (exact) mass is 275 g/mol. The van der Waals surface area contributed by atoms with Crippen molar-refractivity contribution in [3.8, 4) is 0 Å². The van der Waals surface area contributed by atoms with Crippen molar-refractivity contribution < 1.29 is 15.2 Å². The van der Waals surface area contributed by atoms with Crippen molar-refractivity contribution in [1.82, 2.24) is 0 Å². The summed E-state index contributed by atoms with van der Waals surface area (Å²) in [4.78, 5) is 21.6. The Balaban J connectivity index is 0.00000200. The Hall–Kier alpha value is -2.93. The van der Waals surface area contributed by atoms with Crippen molar-refractivity contribution in [3.63, 3.8) is 0 Å². The third kappa shape index (κ3) is 4.07. The van der Waals surface area contributed by atoms with E-state index in [0.717, 1.165) is 0 Å². The van der Waals surface area contributed by atoms with Crippen LogP contribution < -0.4 is 10.6 Å². The molecule has 7 heteroatoms. The number of rotatable bonds is 3. The summed E-state index contributed by atoms with van der Waals surface area (Å²) in [7, 11) is 0. The summed E-state index contributed by atoms with van der Waals surface area (Å²) < 4.78 is 0. The first kappa shape index (κ1) is 15.1. The summed E-state index contributed by atoms with van der Waals surface area (Å²) in [6.07, 6.45) is 0. The van der Waals surface area contributed by atoms with Gasteiger partial charge in [-0.05, 0) is 24.3 Å². The van der Waals surface area contributed by atoms with Crippen molar-refractivity contribution in [3.05, 3.63) is 64.7 Å². The van der Waals surface area contributed by atoms with Gasteiger partial charge in [0, 0.05) is 23.5 Å². The van der Waals surface area contributed by atoms with Crippen LogP contribution in [0.2, 0.25) is 0 Å². The molecule has 0 radical (unpaired) electrons. The van der Waals surface area contributed by atoms with Gasteiger partial charge in [0.1, 0.15) is 0 Å². The Morgan fingerprint density at radius 1 is 0.900 bits per heavy atom. The van der Waals surface area contributed by atoms with Gasteiger partial charge in [-0.25, -0.2) is 4.79 Å². The number of amides is 2. The maximum Gasteiger partial charge on any atom is 0.323 e. The summed E-state index contributed by atoms with van der Waals surface area (Å²) >= 11 is 0. The lowest BCUT2D eigenvalue weighted by molar-refractivity contribution is -0.384. The fourth-order valence-corrected chi connectivity index (χ4v) is 1.48. The highest BCUT2D eigenvalue weighted by molar-refractivity contribution is 5.99. The number of anilines is 2. The molecule has 2 amide bonds. The van der Waals surface area contributed by atoms with Gasteiger partial charge in [-0.3, -0.25) is 10.1 Å². The number of para-hydroxylation sites is 1. The van der Waals surface area contributed by atoms with Gasteiger partial charge in [0.05, 0.1) is 4.92 Å². The van der Waals surface area contributed by atoms with Crippen LogP contribution in [0.5, 0.6) is 0 Å². The fraction of sp³-hybridized carbons (Fsp3) is 0. The molecule has 0 aliphatic heterocycles. The largest absolute Gasteiger partial charge is 0.412 e. The minimum absolute atomic E-state index is 0. The van der Waals surface area contributed by atoms with Crippen LogP contribution in [-0.2, 0) is 0 Å². The molecule has 0 aliphatic rings. The van der Waals surface area contributed by atoms with E-state index in [1.54, 1.807) is 12.1 Å². The molecule has 0 aromatic heterocycles. The summed E-state index contributed by atoms with van der Waals surface area (Å²) in [5.41, 5.74) is 1.13. The predicted molar refractivity (Wildman–Crippen MR) is 75.8 cm³/mol. The second-order valence-corrected chi connectivity index (χ2v) is 3.75. The molecule has 0 bridgehead atoms. The van der Waals surface area contributed by atoms with Crippen molar-refractivity contribution in [1.29, 1.82) is 0 Å². The van der Waals surface area contributed by atoms with Crippen LogP contribution in [0.1, 0.15) is 0 Å². The van der Waals surface area contributed by atoms with Crippen LogP contribution in [-0.4, -0.2) is 16.4 Å². The number of nitrogens with one attached hydrogen (secondary N) is 2. The summed E-state index contributed by atoms with van der Waals surface area (Å²) in [5, 5.41) is 15.7. The Kier molecular flexibility index (Phi) is 5.19. The maximum atomic E-state index is 11.6. The Labute approximate surface area is 114 Å². The van der Waals surface area contributed by atoms with Crippen molar-refractivity contribution in [2.45, 2.75) is 0 Å². The molecule has 0 heterocycles. The summed E-state index contributed by atoms with van der Waals surface area (Å²) in [6.45, 7) is 0. The molecule has 0 saturated heterocycles. The van der Waals surface area contributed by atoms with Crippen LogP contribution in [0.25, 0.3) is 0 Å². The second kappa shape index (κ2) is 6.86. The predicted octanol–water partition coefficient (Wildman–Crippen LogP) is 2.41. The van der Waals surface area contributed by atoms with E-state index in [0.29, 0.717) is 11.4 Å². The number of hydrogen-bond donors (Lipinski definition) is 2. The number of nitro groups is 1. The lowest BCUT2D eigenvalue weighted by Gasteiger charge is -2.07. The number of non-ortho nitro benzene ring substituents is 1. The molecule has 7 nitrogen and oxygen atoms in total. The van der Waals surface area contributed by atoms with Gasteiger partial charge >= 0.3 is 6.03 Å². The average Bonchev–Trinajstić information content (AvgIpc) is 2.40.